The molecule has 0 aliphatic carbocycles. The zero-order valence-corrected chi connectivity index (χ0v) is 15.5. The maximum absolute atomic E-state index is 12.6. The number of nitrogens with zero attached hydrogens (tertiary/aromatic N) is 3. The van der Waals surface area contributed by atoms with Crippen molar-refractivity contribution in [1.29, 1.82) is 0 Å². The number of ether oxygens (including phenoxy) is 2. The minimum atomic E-state index is -0.988. The Kier molecular flexibility index (Phi) is 4.91. The van der Waals surface area contributed by atoms with Crippen LogP contribution in [0.4, 0.5) is 5.82 Å². The van der Waals surface area contributed by atoms with E-state index in [4.69, 9.17) is 9.47 Å². The van der Waals surface area contributed by atoms with Crippen molar-refractivity contribution in [3.05, 3.63) is 36.0 Å². The molecule has 1 saturated heterocycles. The first kappa shape index (κ1) is 18.3. The monoisotopic (exact) mass is 386 g/mol. The number of aliphatic hydroxyl groups is 1. The number of nitrogens with one attached hydrogen (secondary N) is 1. The number of carbonyl (C=O) groups excluding carboxylic acids is 2. The SMILES string of the molecule is C[C@H](O)C(=O)N1CCC(n2nccc2NC(=O)c2ccc3c(c2)OCO3)CC1. The van der Waals surface area contributed by atoms with Gasteiger partial charge in [-0.3, -0.25) is 9.59 Å². The van der Waals surface area contributed by atoms with Crippen LogP contribution in [-0.4, -0.2) is 57.6 Å². The number of benzene rings is 1. The molecular formula is C19H22N4O5. The summed E-state index contributed by atoms with van der Waals surface area (Å²) < 4.78 is 12.4. The average molecular weight is 386 g/mol. The van der Waals surface area contributed by atoms with Gasteiger partial charge in [-0.15, -0.1) is 0 Å². The second kappa shape index (κ2) is 7.51. The van der Waals surface area contributed by atoms with Crippen LogP contribution < -0.4 is 14.8 Å². The summed E-state index contributed by atoms with van der Waals surface area (Å²) in [5.74, 6) is 1.26. The van der Waals surface area contributed by atoms with E-state index in [1.54, 1.807) is 40.0 Å². The fourth-order valence-corrected chi connectivity index (χ4v) is 3.53. The molecule has 2 amide bonds. The van der Waals surface area contributed by atoms with Gasteiger partial charge >= 0.3 is 0 Å². The van der Waals surface area contributed by atoms with Gasteiger partial charge in [-0.1, -0.05) is 0 Å². The first-order valence-corrected chi connectivity index (χ1v) is 9.24. The largest absolute Gasteiger partial charge is 0.454 e. The maximum atomic E-state index is 12.6. The number of aliphatic hydroxyl groups excluding tert-OH is 1. The Hall–Kier alpha value is -3.07. The summed E-state index contributed by atoms with van der Waals surface area (Å²) in [6, 6.07) is 6.87. The van der Waals surface area contributed by atoms with E-state index >= 15 is 0 Å². The van der Waals surface area contributed by atoms with Crippen LogP contribution in [-0.2, 0) is 4.79 Å². The Bertz CT molecular complexity index is 886. The summed E-state index contributed by atoms with van der Waals surface area (Å²) in [6.45, 7) is 2.72. The average Bonchev–Trinajstić information content (AvgIpc) is 3.36. The van der Waals surface area contributed by atoms with Gasteiger partial charge in [0.05, 0.1) is 12.2 Å². The number of hydrogen-bond acceptors (Lipinski definition) is 6. The minimum Gasteiger partial charge on any atom is -0.454 e. The van der Waals surface area contributed by atoms with Gasteiger partial charge in [-0.2, -0.15) is 5.10 Å². The molecule has 0 radical (unpaired) electrons. The van der Waals surface area contributed by atoms with Crippen LogP contribution in [0.25, 0.3) is 0 Å². The molecule has 9 nitrogen and oxygen atoms in total. The molecule has 2 N–H and O–H groups in total. The predicted octanol–water partition coefficient (Wildman–Crippen LogP) is 1.41. The zero-order chi connectivity index (χ0) is 19.7. The van der Waals surface area contributed by atoms with Crippen molar-refractivity contribution >= 4 is 17.6 Å². The first-order chi connectivity index (χ1) is 13.5. The third kappa shape index (κ3) is 3.53. The van der Waals surface area contributed by atoms with Gasteiger partial charge < -0.3 is 24.8 Å². The topological polar surface area (TPSA) is 106 Å². The standard InChI is InChI=1S/C19H22N4O5/c1-12(24)19(26)22-8-5-14(6-9-22)23-17(4-7-20-23)21-18(25)13-2-3-15-16(10-13)28-11-27-15/h2-4,7,10,12,14,24H,5-6,8-9,11H2,1H3,(H,21,25)/t12-/m0/s1. The van der Waals surface area contributed by atoms with Crippen LogP contribution in [0.15, 0.2) is 30.5 Å². The molecule has 2 aliphatic rings. The van der Waals surface area contributed by atoms with Crippen molar-refractivity contribution in [3.8, 4) is 11.5 Å². The highest BCUT2D eigenvalue weighted by Gasteiger charge is 2.27. The molecular weight excluding hydrogens is 364 g/mol. The van der Waals surface area contributed by atoms with Crippen molar-refractivity contribution in [2.24, 2.45) is 0 Å². The third-order valence-corrected chi connectivity index (χ3v) is 5.03. The number of carbonyl (C=O) groups is 2. The quantitative estimate of drug-likeness (QED) is 0.823. The number of amides is 2. The van der Waals surface area contributed by atoms with Crippen molar-refractivity contribution in [3.63, 3.8) is 0 Å². The maximum Gasteiger partial charge on any atom is 0.256 e. The molecule has 0 saturated carbocycles. The van der Waals surface area contributed by atoms with Gasteiger partial charge in [0.15, 0.2) is 11.5 Å². The number of rotatable bonds is 4. The van der Waals surface area contributed by atoms with E-state index in [2.05, 4.69) is 10.4 Å². The molecule has 0 bridgehead atoms. The highest BCUT2D eigenvalue weighted by atomic mass is 16.7. The smallest absolute Gasteiger partial charge is 0.256 e. The number of likely N-dealkylation sites (tertiary alicyclic amines) is 1. The number of anilines is 1. The Labute approximate surface area is 161 Å². The molecule has 0 unspecified atom stereocenters. The summed E-state index contributed by atoms with van der Waals surface area (Å²) in [4.78, 5) is 26.2. The van der Waals surface area contributed by atoms with Crippen LogP contribution in [0.3, 0.4) is 0 Å². The summed E-state index contributed by atoms with van der Waals surface area (Å²) in [7, 11) is 0. The fraction of sp³-hybridized carbons (Fsp3) is 0.421. The zero-order valence-electron chi connectivity index (χ0n) is 15.5. The van der Waals surface area contributed by atoms with Gasteiger partial charge in [-0.25, -0.2) is 4.68 Å². The van der Waals surface area contributed by atoms with Gasteiger partial charge in [0.2, 0.25) is 6.79 Å². The van der Waals surface area contributed by atoms with Crippen LogP contribution in [0.2, 0.25) is 0 Å². The van der Waals surface area contributed by atoms with E-state index in [0.29, 0.717) is 48.8 Å². The van der Waals surface area contributed by atoms with Crippen LogP contribution in [0, 0.1) is 0 Å². The molecule has 1 aromatic carbocycles. The van der Waals surface area contributed by atoms with Crippen LogP contribution in [0.1, 0.15) is 36.2 Å². The molecule has 1 aromatic heterocycles. The van der Waals surface area contributed by atoms with E-state index in [1.165, 1.54) is 6.92 Å². The number of fused-ring (bicyclic) bond motifs is 1. The molecule has 28 heavy (non-hydrogen) atoms. The minimum absolute atomic E-state index is 0.0695. The van der Waals surface area contributed by atoms with Crippen molar-refractivity contribution in [2.45, 2.75) is 31.9 Å². The summed E-state index contributed by atoms with van der Waals surface area (Å²) >= 11 is 0. The normalized spacial score (nSPS) is 17.4. The second-order valence-corrected chi connectivity index (χ2v) is 6.92. The van der Waals surface area contributed by atoms with Crippen LogP contribution >= 0.6 is 0 Å². The second-order valence-electron chi connectivity index (χ2n) is 6.92. The van der Waals surface area contributed by atoms with Gasteiger partial charge in [0, 0.05) is 24.7 Å². The summed E-state index contributed by atoms with van der Waals surface area (Å²) in [5, 5.41) is 16.7. The molecule has 1 atom stereocenters. The first-order valence-electron chi connectivity index (χ1n) is 9.24. The van der Waals surface area contributed by atoms with E-state index in [1.807, 2.05) is 0 Å². The molecule has 2 aliphatic heterocycles. The molecule has 3 heterocycles. The van der Waals surface area contributed by atoms with E-state index < -0.39 is 6.10 Å². The lowest BCUT2D eigenvalue weighted by atomic mass is 10.0. The van der Waals surface area contributed by atoms with E-state index in [9.17, 15) is 14.7 Å². The summed E-state index contributed by atoms with van der Waals surface area (Å²) in [6.07, 6.45) is 2.06. The number of aromatic nitrogens is 2. The van der Waals surface area contributed by atoms with Crippen molar-refractivity contribution in [1.82, 2.24) is 14.7 Å². The lowest BCUT2D eigenvalue weighted by molar-refractivity contribution is -0.140. The van der Waals surface area contributed by atoms with Gasteiger partial charge in [-0.05, 0) is 38.0 Å². The summed E-state index contributed by atoms with van der Waals surface area (Å²) in [5.41, 5.74) is 0.467. The highest BCUT2D eigenvalue weighted by Crippen LogP contribution is 2.33. The molecule has 9 heteroatoms. The highest BCUT2D eigenvalue weighted by molar-refractivity contribution is 6.04. The van der Waals surface area contributed by atoms with Crippen molar-refractivity contribution in [2.75, 3.05) is 25.2 Å². The van der Waals surface area contributed by atoms with Gasteiger partial charge in [0.1, 0.15) is 11.9 Å². The Morgan fingerprint density at radius 1 is 1.21 bits per heavy atom. The van der Waals surface area contributed by atoms with E-state index in [0.717, 1.165) is 0 Å². The lowest BCUT2D eigenvalue weighted by Gasteiger charge is -2.33. The molecule has 1 fully saturated rings. The van der Waals surface area contributed by atoms with Gasteiger partial charge in [0.25, 0.3) is 11.8 Å². The Balaban J connectivity index is 1.42. The Morgan fingerprint density at radius 2 is 1.96 bits per heavy atom. The van der Waals surface area contributed by atoms with Crippen molar-refractivity contribution < 1.29 is 24.2 Å². The lowest BCUT2D eigenvalue weighted by Crippen LogP contribution is -2.43. The molecule has 148 valence electrons. The van der Waals surface area contributed by atoms with Crippen LogP contribution in [0.5, 0.6) is 11.5 Å². The molecule has 4 rings (SSSR count). The number of piperidine rings is 1. The molecule has 2 aromatic rings. The number of hydrogen-bond donors (Lipinski definition) is 2. The predicted molar refractivity (Wildman–Crippen MR) is 99.3 cm³/mol. The van der Waals surface area contributed by atoms with E-state index in [-0.39, 0.29) is 24.6 Å². The fourth-order valence-electron chi connectivity index (χ4n) is 3.53. The third-order valence-electron chi connectivity index (χ3n) is 5.03. The Morgan fingerprint density at radius 3 is 2.71 bits per heavy atom. The molecule has 0 spiro atoms.